The van der Waals surface area contributed by atoms with E-state index in [2.05, 4.69) is 5.32 Å². The molecule has 1 aliphatic carbocycles. The SMILES string of the molecule is CC1=C(C(=O)OC(C)C)[C@@]2(O)C(=O)c3ccccc3[C@]2(O)N1. The zero-order valence-corrected chi connectivity index (χ0v) is 12.5. The topological polar surface area (TPSA) is 95.9 Å². The second-order valence-electron chi connectivity index (χ2n) is 5.87. The molecule has 0 aromatic heterocycles. The van der Waals surface area contributed by atoms with Crippen molar-refractivity contribution in [3.05, 3.63) is 46.7 Å². The van der Waals surface area contributed by atoms with Gasteiger partial charge in [0.1, 0.15) is 5.57 Å². The molecule has 1 heterocycles. The summed E-state index contributed by atoms with van der Waals surface area (Å²) in [7, 11) is 0. The Labute approximate surface area is 127 Å². The van der Waals surface area contributed by atoms with E-state index in [0.29, 0.717) is 0 Å². The highest BCUT2D eigenvalue weighted by atomic mass is 16.5. The van der Waals surface area contributed by atoms with Crippen molar-refractivity contribution in [2.24, 2.45) is 0 Å². The lowest BCUT2D eigenvalue weighted by Crippen LogP contribution is -2.56. The Bertz CT molecular complexity index is 723. The number of esters is 1. The van der Waals surface area contributed by atoms with Gasteiger partial charge in [0.15, 0.2) is 0 Å². The van der Waals surface area contributed by atoms with Gasteiger partial charge in [-0.1, -0.05) is 24.3 Å². The third-order valence-corrected chi connectivity index (χ3v) is 4.07. The second kappa shape index (κ2) is 4.41. The summed E-state index contributed by atoms with van der Waals surface area (Å²) < 4.78 is 5.11. The summed E-state index contributed by atoms with van der Waals surface area (Å²) in [6.45, 7) is 4.84. The minimum atomic E-state index is -2.38. The number of aliphatic hydroxyl groups is 2. The first kappa shape index (κ1) is 14.7. The Morgan fingerprint density at radius 2 is 1.91 bits per heavy atom. The lowest BCUT2D eigenvalue weighted by molar-refractivity contribution is -0.150. The Balaban J connectivity index is 2.17. The van der Waals surface area contributed by atoms with Crippen LogP contribution >= 0.6 is 0 Å². The van der Waals surface area contributed by atoms with E-state index in [9.17, 15) is 19.8 Å². The Kier molecular flexibility index (Phi) is 2.95. The van der Waals surface area contributed by atoms with E-state index in [0.717, 1.165) is 0 Å². The maximum Gasteiger partial charge on any atom is 0.339 e. The average Bonchev–Trinajstić information content (AvgIpc) is 2.74. The van der Waals surface area contributed by atoms with Gasteiger partial charge >= 0.3 is 5.97 Å². The molecule has 2 aliphatic rings. The molecule has 3 rings (SSSR count). The van der Waals surface area contributed by atoms with E-state index >= 15 is 0 Å². The highest BCUT2D eigenvalue weighted by Crippen LogP contribution is 2.51. The van der Waals surface area contributed by atoms with Crippen LogP contribution < -0.4 is 5.32 Å². The lowest BCUT2D eigenvalue weighted by atomic mass is 9.85. The predicted octanol–water partition coefficient (Wildman–Crippen LogP) is 0.588. The molecule has 0 fully saturated rings. The van der Waals surface area contributed by atoms with Gasteiger partial charge in [0, 0.05) is 16.8 Å². The van der Waals surface area contributed by atoms with Crippen LogP contribution in [-0.2, 0) is 15.3 Å². The number of fused-ring (bicyclic) bond motifs is 3. The van der Waals surface area contributed by atoms with Gasteiger partial charge in [-0.05, 0) is 20.8 Å². The molecule has 0 bridgehead atoms. The van der Waals surface area contributed by atoms with Gasteiger partial charge in [0.05, 0.1) is 6.10 Å². The highest BCUT2D eigenvalue weighted by molar-refractivity contribution is 6.16. The number of hydrogen-bond donors (Lipinski definition) is 3. The summed E-state index contributed by atoms with van der Waals surface area (Å²) in [6, 6.07) is 6.33. The number of allylic oxidation sites excluding steroid dienone is 1. The smallest absolute Gasteiger partial charge is 0.339 e. The molecule has 116 valence electrons. The molecule has 1 aromatic carbocycles. The highest BCUT2D eigenvalue weighted by Gasteiger charge is 2.70. The number of benzene rings is 1. The number of carbonyl (C=O) groups excluding carboxylic acids is 2. The van der Waals surface area contributed by atoms with Crippen molar-refractivity contribution in [1.82, 2.24) is 5.32 Å². The minimum absolute atomic E-state index is 0.183. The van der Waals surface area contributed by atoms with Crippen molar-refractivity contribution in [1.29, 1.82) is 0 Å². The maximum absolute atomic E-state index is 12.7. The third kappa shape index (κ3) is 1.56. The number of rotatable bonds is 2. The van der Waals surface area contributed by atoms with Crippen molar-refractivity contribution in [2.45, 2.75) is 38.2 Å². The number of carbonyl (C=O) groups is 2. The van der Waals surface area contributed by atoms with E-state index in [1.165, 1.54) is 13.0 Å². The van der Waals surface area contributed by atoms with Crippen LogP contribution in [0.5, 0.6) is 0 Å². The van der Waals surface area contributed by atoms with E-state index in [-0.39, 0.29) is 22.4 Å². The molecule has 1 aromatic rings. The van der Waals surface area contributed by atoms with E-state index in [4.69, 9.17) is 4.74 Å². The molecule has 22 heavy (non-hydrogen) atoms. The molecule has 1 aliphatic heterocycles. The molecule has 0 unspecified atom stereocenters. The van der Waals surface area contributed by atoms with Gasteiger partial charge < -0.3 is 20.3 Å². The van der Waals surface area contributed by atoms with Crippen LogP contribution in [0.4, 0.5) is 0 Å². The summed E-state index contributed by atoms with van der Waals surface area (Å²) in [6.07, 6.45) is -0.413. The monoisotopic (exact) mass is 303 g/mol. The molecule has 6 nitrogen and oxygen atoms in total. The number of ether oxygens (including phenoxy) is 1. The minimum Gasteiger partial charge on any atom is -0.459 e. The molecule has 0 saturated heterocycles. The number of hydrogen-bond acceptors (Lipinski definition) is 6. The Morgan fingerprint density at radius 3 is 2.55 bits per heavy atom. The predicted molar refractivity (Wildman–Crippen MR) is 76.7 cm³/mol. The molecule has 0 radical (unpaired) electrons. The van der Waals surface area contributed by atoms with Crippen LogP contribution in [0.25, 0.3) is 0 Å². The van der Waals surface area contributed by atoms with Gasteiger partial charge in [-0.2, -0.15) is 0 Å². The van der Waals surface area contributed by atoms with Crippen molar-refractivity contribution in [2.75, 3.05) is 0 Å². The number of nitrogens with one attached hydrogen (secondary N) is 1. The van der Waals surface area contributed by atoms with Crippen LogP contribution in [0.15, 0.2) is 35.5 Å². The largest absolute Gasteiger partial charge is 0.459 e. The van der Waals surface area contributed by atoms with Crippen LogP contribution in [0, 0.1) is 0 Å². The third-order valence-electron chi connectivity index (χ3n) is 4.07. The second-order valence-corrected chi connectivity index (χ2v) is 5.87. The lowest BCUT2D eigenvalue weighted by Gasteiger charge is -2.32. The Morgan fingerprint density at radius 1 is 1.27 bits per heavy atom. The summed E-state index contributed by atoms with van der Waals surface area (Å²) in [4.78, 5) is 25.0. The fourth-order valence-electron chi connectivity index (χ4n) is 3.18. The zero-order valence-electron chi connectivity index (χ0n) is 12.5. The van der Waals surface area contributed by atoms with Gasteiger partial charge in [0.2, 0.25) is 17.1 Å². The zero-order chi connectivity index (χ0) is 16.3. The standard InChI is InChI=1S/C16H17NO5/c1-8(2)22-14(19)12-9(3)17-16(21)11-7-5-4-6-10(11)13(18)15(12,16)20/h4-8,17,20-21H,1-3H3/t15-,16-/m1/s1. The normalized spacial score (nSPS) is 29.5. The van der Waals surface area contributed by atoms with Gasteiger partial charge in [-0.25, -0.2) is 4.79 Å². The molecule has 0 spiro atoms. The van der Waals surface area contributed by atoms with Gasteiger partial charge in [-0.15, -0.1) is 0 Å². The van der Waals surface area contributed by atoms with Gasteiger partial charge in [-0.3, -0.25) is 4.79 Å². The van der Waals surface area contributed by atoms with Crippen molar-refractivity contribution in [3.8, 4) is 0 Å². The van der Waals surface area contributed by atoms with E-state index in [1.807, 2.05) is 0 Å². The summed E-state index contributed by atoms with van der Waals surface area (Å²) in [5.74, 6) is -1.54. The Hall–Kier alpha value is -2.18. The van der Waals surface area contributed by atoms with Crippen molar-refractivity contribution < 1.29 is 24.5 Å². The van der Waals surface area contributed by atoms with Crippen LogP contribution in [-0.4, -0.2) is 33.7 Å². The van der Waals surface area contributed by atoms with Crippen molar-refractivity contribution in [3.63, 3.8) is 0 Å². The molecule has 0 saturated carbocycles. The molecular weight excluding hydrogens is 286 g/mol. The molecule has 3 N–H and O–H groups in total. The van der Waals surface area contributed by atoms with Crippen LogP contribution in [0.3, 0.4) is 0 Å². The fourth-order valence-corrected chi connectivity index (χ4v) is 3.18. The molecular formula is C16H17NO5. The summed E-state index contributed by atoms with van der Waals surface area (Å²) in [5.41, 5.74) is -4.04. The molecule has 2 atom stereocenters. The van der Waals surface area contributed by atoms with Crippen molar-refractivity contribution >= 4 is 11.8 Å². The van der Waals surface area contributed by atoms with Crippen LogP contribution in [0.1, 0.15) is 36.7 Å². The molecule has 6 heteroatoms. The first-order valence-corrected chi connectivity index (χ1v) is 7.03. The van der Waals surface area contributed by atoms with Gasteiger partial charge in [0.25, 0.3) is 0 Å². The first-order valence-electron chi connectivity index (χ1n) is 7.03. The molecule has 0 amide bonds. The van der Waals surface area contributed by atoms with E-state index < -0.39 is 29.2 Å². The first-order chi connectivity index (χ1) is 10.2. The van der Waals surface area contributed by atoms with E-state index in [1.54, 1.807) is 32.0 Å². The van der Waals surface area contributed by atoms with Crippen LogP contribution in [0.2, 0.25) is 0 Å². The average molecular weight is 303 g/mol. The quantitative estimate of drug-likeness (QED) is 0.692. The summed E-state index contributed by atoms with van der Waals surface area (Å²) >= 11 is 0. The fraction of sp³-hybridized carbons (Fsp3) is 0.375. The summed E-state index contributed by atoms with van der Waals surface area (Å²) in [5, 5.41) is 24.6. The number of Topliss-reactive ketones (excluding diaryl/α,β-unsaturated/α-hetero) is 1. The maximum atomic E-state index is 12.7. The number of ketones is 1.